The number of aromatic nitrogens is 1. The molecule has 25 heavy (non-hydrogen) atoms. The van der Waals surface area contributed by atoms with Gasteiger partial charge in [-0.1, -0.05) is 12.1 Å². The van der Waals surface area contributed by atoms with Crippen LogP contribution >= 0.6 is 11.3 Å². The molecule has 0 amide bonds. The van der Waals surface area contributed by atoms with Crippen LogP contribution in [0.3, 0.4) is 0 Å². The van der Waals surface area contributed by atoms with Crippen LogP contribution in [-0.2, 0) is 0 Å². The second kappa shape index (κ2) is 7.76. The second-order valence-corrected chi connectivity index (χ2v) is 5.89. The van der Waals surface area contributed by atoms with E-state index in [1.807, 2.05) is 23.6 Å². The Labute approximate surface area is 148 Å². The quantitative estimate of drug-likeness (QED) is 0.524. The number of rotatable bonds is 6. The SMILES string of the molecule is COc1ccc(-c2csc(N/N=C\c3cccc(F)c3)n2)cc1OC. The average Bonchev–Trinajstić information content (AvgIpc) is 3.10. The van der Waals surface area contributed by atoms with Gasteiger partial charge in [-0.3, -0.25) is 5.43 Å². The minimum atomic E-state index is -0.297. The number of halogens is 1. The van der Waals surface area contributed by atoms with E-state index in [0.717, 1.165) is 11.3 Å². The van der Waals surface area contributed by atoms with Crippen molar-refractivity contribution in [3.63, 3.8) is 0 Å². The third-order valence-corrected chi connectivity index (χ3v) is 4.15. The third-order valence-electron chi connectivity index (χ3n) is 3.41. The van der Waals surface area contributed by atoms with Gasteiger partial charge >= 0.3 is 0 Å². The van der Waals surface area contributed by atoms with Gasteiger partial charge in [-0.25, -0.2) is 9.37 Å². The summed E-state index contributed by atoms with van der Waals surface area (Å²) in [6.45, 7) is 0. The molecule has 0 unspecified atom stereocenters. The summed E-state index contributed by atoms with van der Waals surface area (Å²) in [5.41, 5.74) is 5.24. The highest BCUT2D eigenvalue weighted by molar-refractivity contribution is 7.14. The van der Waals surface area contributed by atoms with E-state index >= 15 is 0 Å². The van der Waals surface area contributed by atoms with Gasteiger partial charge in [0.1, 0.15) is 5.82 Å². The zero-order chi connectivity index (χ0) is 17.6. The zero-order valence-corrected chi connectivity index (χ0v) is 14.5. The summed E-state index contributed by atoms with van der Waals surface area (Å²) < 4.78 is 23.7. The van der Waals surface area contributed by atoms with Crippen LogP contribution in [0.2, 0.25) is 0 Å². The Balaban J connectivity index is 1.72. The summed E-state index contributed by atoms with van der Waals surface area (Å²) in [7, 11) is 3.19. The molecule has 1 N–H and O–H groups in total. The molecule has 0 saturated carbocycles. The number of benzene rings is 2. The summed E-state index contributed by atoms with van der Waals surface area (Å²) in [6, 6.07) is 11.8. The lowest BCUT2D eigenvalue weighted by Gasteiger charge is -2.08. The smallest absolute Gasteiger partial charge is 0.203 e. The Morgan fingerprint density at radius 3 is 2.72 bits per heavy atom. The lowest BCUT2D eigenvalue weighted by molar-refractivity contribution is 0.355. The molecule has 2 aromatic carbocycles. The van der Waals surface area contributed by atoms with Crippen LogP contribution in [-0.4, -0.2) is 25.4 Å². The Morgan fingerprint density at radius 2 is 1.96 bits per heavy atom. The second-order valence-electron chi connectivity index (χ2n) is 5.03. The molecule has 0 aliphatic rings. The minimum Gasteiger partial charge on any atom is -0.493 e. The van der Waals surface area contributed by atoms with Crippen molar-refractivity contribution in [2.75, 3.05) is 19.6 Å². The van der Waals surface area contributed by atoms with Crippen molar-refractivity contribution in [2.24, 2.45) is 5.10 Å². The molecule has 3 aromatic rings. The number of nitrogens with one attached hydrogen (secondary N) is 1. The van der Waals surface area contributed by atoms with E-state index in [2.05, 4.69) is 15.5 Å². The largest absolute Gasteiger partial charge is 0.493 e. The highest BCUT2D eigenvalue weighted by Gasteiger charge is 2.09. The molecule has 1 heterocycles. The number of methoxy groups -OCH3 is 2. The Kier molecular flexibility index (Phi) is 5.25. The number of anilines is 1. The number of hydrazone groups is 1. The van der Waals surface area contributed by atoms with Crippen molar-refractivity contribution in [3.8, 4) is 22.8 Å². The van der Waals surface area contributed by atoms with Gasteiger partial charge in [-0.05, 0) is 35.9 Å². The highest BCUT2D eigenvalue weighted by atomic mass is 32.1. The number of hydrogen-bond acceptors (Lipinski definition) is 6. The van der Waals surface area contributed by atoms with Gasteiger partial charge in [0.2, 0.25) is 5.13 Å². The predicted molar refractivity (Wildman–Crippen MR) is 98.3 cm³/mol. The van der Waals surface area contributed by atoms with Crippen LogP contribution in [0.4, 0.5) is 9.52 Å². The summed E-state index contributed by atoms with van der Waals surface area (Å²) in [5, 5.41) is 6.64. The van der Waals surface area contributed by atoms with Crippen LogP contribution in [0.1, 0.15) is 5.56 Å². The number of hydrogen-bond donors (Lipinski definition) is 1. The van der Waals surface area contributed by atoms with Crippen molar-refractivity contribution < 1.29 is 13.9 Å². The lowest BCUT2D eigenvalue weighted by atomic mass is 10.1. The van der Waals surface area contributed by atoms with Crippen LogP contribution in [0.5, 0.6) is 11.5 Å². The van der Waals surface area contributed by atoms with Gasteiger partial charge in [0.15, 0.2) is 11.5 Å². The van der Waals surface area contributed by atoms with E-state index in [9.17, 15) is 4.39 Å². The molecule has 0 saturated heterocycles. The first-order chi connectivity index (χ1) is 12.2. The fraction of sp³-hybridized carbons (Fsp3) is 0.111. The molecule has 128 valence electrons. The molecule has 0 bridgehead atoms. The van der Waals surface area contributed by atoms with Crippen molar-refractivity contribution >= 4 is 22.7 Å². The molecule has 0 radical (unpaired) electrons. The van der Waals surface area contributed by atoms with Crippen molar-refractivity contribution in [1.29, 1.82) is 0 Å². The van der Waals surface area contributed by atoms with Crippen molar-refractivity contribution in [2.45, 2.75) is 0 Å². The Morgan fingerprint density at radius 1 is 1.12 bits per heavy atom. The minimum absolute atomic E-state index is 0.297. The maximum absolute atomic E-state index is 13.1. The molecule has 0 spiro atoms. The Bertz CT molecular complexity index is 896. The third kappa shape index (κ3) is 4.13. The molecule has 3 rings (SSSR count). The van der Waals surface area contributed by atoms with E-state index in [1.165, 1.54) is 23.5 Å². The van der Waals surface area contributed by atoms with Crippen LogP contribution in [0, 0.1) is 5.82 Å². The molecule has 0 fully saturated rings. The van der Waals surface area contributed by atoms with Crippen LogP contribution < -0.4 is 14.9 Å². The fourth-order valence-corrected chi connectivity index (χ4v) is 2.87. The van der Waals surface area contributed by atoms with Crippen molar-refractivity contribution in [1.82, 2.24) is 4.98 Å². The first-order valence-electron chi connectivity index (χ1n) is 7.42. The number of nitrogens with zero attached hydrogens (tertiary/aromatic N) is 2. The number of ether oxygens (including phenoxy) is 2. The van der Waals surface area contributed by atoms with E-state index < -0.39 is 0 Å². The average molecular weight is 357 g/mol. The normalized spacial score (nSPS) is 10.8. The molecule has 5 nitrogen and oxygen atoms in total. The summed E-state index contributed by atoms with van der Waals surface area (Å²) in [4.78, 5) is 4.48. The standard InChI is InChI=1S/C18H16FN3O2S/c1-23-16-7-6-13(9-17(16)24-2)15-11-25-18(21-15)22-20-10-12-4-3-5-14(19)8-12/h3-11H,1-2H3,(H,21,22)/b20-10-. The lowest BCUT2D eigenvalue weighted by Crippen LogP contribution is -1.92. The van der Waals surface area contributed by atoms with E-state index in [4.69, 9.17) is 9.47 Å². The Hall–Kier alpha value is -2.93. The number of thiazole rings is 1. The van der Waals surface area contributed by atoms with Gasteiger partial charge in [-0.2, -0.15) is 5.10 Å². The fourth-order valence-electron chi connectivity index (χ4n) is 2.20. The maximum atomic E-state index is 13.1. The molecular weight excluding hydrogens is 341 g/mol. The predicted octanol–water partition coefficient (Wildman–Crippen LogP) is 4.41. The molecule has 0 atom stereocenters. The van der Waals surface area contributed by atoms with Crippen LogP contribution in [0.25, 0.3) is 11.3 Å². The first kappa shape index (κ1) is 16.9. The molecule has 1 aromatic heterocycles. The first-order valence-corrected chi connectivity index (χ1v) is 8.30. The summed E-state index contributed by atoms with van der Waals surface area (Å²) in [5.74, 6) is 1.01. The van der Waals surface area contributed by atoms with Crippen molar-refractivity contribution in [3.05, 3.63) is 59.2 Å². The maximum Gasteiger partial charge on any atom is 0.203 e. The molecule has 0 aliphatic heterocycles. The van der Waals surface area contributed by atoms with Gasteiger partial charge in [-0.15, -0.1) is 11.3 Å². The van der Waals surface area contributed by atoms with E-state index in [1.54, 1.807) is 32.6 Å². The topological polar surface area (TPSA) is 55.7 Å². The summed E-state index contributed by atoms with van der Waals surface area (Å²) >= 11 is 1.42. The van der Waals surface area contributed by atoms with Gasteiger partial charge in [0.05, 0.1) is 26.1 Å². The van der Waals surface area contributed by atoms with Crippen LogP contribution in [0.15, 0.2) is 52.9 Å². The molecule has 0 aliphatic carbocycles. The monoisotopic (exact) mass is 357 g/mol. The van der Waals surface area contributed by atoms with Gasteiger partial charge in [0.25, 0.3) is 0 Å². The molecular formula is C18H16FN3O2S. The van der Waals surface area contributed by atoms with E-state index in [-0.39, 0.29) is 5.82 Å². The van der Waals surface area contributed by atoms with Gasteiger partial charge < -0.3 is 9.47 Å². The molecule has 7 heteroatoms. The van der Waals surface area contributed by atoms with Gasteiger partial charge in [0, 0.05) is 10.9 Å². The zero-order valence-electron chi connectivity index (χ0n) is 13.7. The highest BCUT2D eigenvalue weighted by Crippen LogP contribution is 2.33. The summed E-state index contributed by atoms with van der Waals surface area (Å²) in [6.07, 6.45) is 1.54. The van der Waals surface area contributed by atoms with E-state index in [0.29, 0.717) is 22.2 Å².